The molecule has 142 valence electrons. The summed E-state index contributed by atoms with van der Waals surface area (Å²) < 4.78 is 12.6. The van der Waals surface area contributed by atoms with Crippen LogP contribution in [0.3, 0.4) is 0 Å². The van der Waals surface area contributed by atoms with E-state index in [0.29, 0.717) is 6.54 Å². The Labute approximate surface area is 155 Å². The number of methoxy groups -OCH3 is 1. The summed E-state index contributed by atoms with van der Waals surface area (Å²) in [6.45, 7) is 6.55. The molecular weight excluding hydrogens is 330 g/mol. The van der Waals surface area contributed by atoms with Crippen LogP contribution in [0.25, 0.3) is 0 Å². The van der Waals surface area contributed by atoms with Gasteiger partial charge in [0, 0.05) is 45.2 Å². The molecule has 0 fully saturated rings. The highest BCUT2D eigenvalue weighted by molar-refractivity contribution is 5.79. The molecular formula is C19H29N5O2. The Bertz CT molecular complexity index is 626. The van der Waals surface area contributed by atoms with Crippen molar-refractivity contribution in [1.29, 1.82) is 0 Å². The van der Waals surface area contributed by atoms with Crippen LogP contribution in [-0.4, -0.2) is 48.9 Å². The summed E-state index contributed by atoms with van der Waals surface area (Å²) in [7, 11) is 1.67. The summed E-state index contributed by atoms with van der Waals surface area (Å²) in [5.41, 5.74) is 1.14. The van der Waals surface area contributed by atoms with Gasteiger partial charge in [-0.05, 0) is 31.0 Å². The van der Waals surface area contributed by atoms with Crippen molar-refractivity contribution in [2.75, 3.05) is 33.4 Å². The number of guanidine groups is 1. The summed E-state index contributed by atoms with van der Waals surface area (Å²) in [5.74, 6) is 1.66. The van der Waals surface area contributed by atoms with E-state index in [9.17, 15) is 0 Å². The van der Waals surface area contributed by atoms with Gasteiger partial charge in [0.25, 0.3) is 0 Å². The molecule has 7 nitrogen and oxygen atoms in total. The summed E-state index contributed by atoms with van der Waals surface area (Å²) >= 11 is 0. The van der Waals surface area contributed by atoms with Gasteiger partial charge in [0.15, 0.2) is 5.96 Å². The van der Waals surface area contributed by atoms with Crippen molar-refractivity contribution in [1.82, 2.24) is 20.2 Å². The van der Waals surface area contributed by atoms with Gasteiger partial charge in [0.05, 0.1) is 20.0 Å². The molecule has 2 aromatic rings. The number of rotatable bonds is 11. The van der Waals surface area contributed by atoms with E-state index < -0.39 is 0 Å². The molecule has 0 aliphatic heterocycles. The van der Waals surface area contributed by atoms with Gasteiger partial charge in [0.1, 0.15) is 5.75 Å². The number of benzene rings is 1. The van der Waals surface area contributed by atoms with Crippen molar-refractivity contribution in [3.8, 4) is 5.75 Å². The number of hydrogen-bond acceptors (Lipinski definition) is 4. The van der Waals surface area contributed by atoms with Crippen LogP contribution in [0.5, 0.6) is 5.75 Å². The normalized spacial score (nSPS) is 11.4. The van der Waals surface area contributed by atoms with E-state index >= 15 is 0 Å². The number of nitrogens with zero attached hydrogens (tertiary/aromatic N) is 3. The molecule has 2 rings (SSSR count). The van der Waals surface area contributed by atoms with Crippen LogP contribution in [0.15, 0.2) is 48.0 Å². The largest absolute Gasteiger partial charge is 0.497 e. The summed E-state index contributed by atoms with van der Waals surface area (Å²) in [5, 5.41) is 6.73. The maximum atomic E-state index is 5.37. The second-order valence-corrected chi connectivity index (χ2v) is 5.72. The van der Waals surface area contributed by atoms with Crippen molar-refractivity contribution in [2.24, 2.45) is 4.99 Å². The molecule has 1 aromatic carbocycles. The van der Waals surface area contributed by atoms with E-state index in [4.69, 9.17) is 9.47 Å². The van der Waals surface area contributed by atoms with E-state index in [1.54, 1.807) is 13.3 Å². The minimum Gasteiger partial charge on any atom is -0.497 e. The zero-order valence-electron chi connectivity index (χ0n) is 15.6. The number of nitrogens with one attached hydrogen (secondary N) is 2. The van der Waals surface area contributed by atoms with E-state index in [1.165, 1.54) is 0 Å². The fourth-order valence-electron chi connectivity index (χ4n) is 2.32. The molecule has 1 heterocycles. The predicted octanol–water partition coefficient (Wildman–Crippen LogP) is 2.05. The molecule has 0 amide bonds. The monoisotopic (exact) mass is 359 g/mol. The topological polar surface area (TPSA) is 72.7 Å². The van der Waals surface area contributed by atoms with Crippen LogP contribution < -0.4 is 15.4 Å². The number of aromatic nitrogens is 2. The van der Waals surface area contributed by atoms with Gasteiger partial charge in [-0.25, -0.2) is 9.98 Å². The maximum Gasteiger partial charge on any atom is 0.191 e. The van der Waals surface area contributed by atoms with Gasteiger partial charge in [-0.3, -0.25) is 0 Å². The van der Waals surface area contributed by atoms with Gasteiger partial charge in [-0.2, -0.15) is 0 Å². The first-order valence-corrected chi connectivity index (χ1v) is 9.00. The second-order valence-electron chi connectivity index (χ2n) is 5.72. The average molecular weight is 359 g/mol. The number of ether oxygens (including phenoxy) is 2. The van der Waals surface area contributed by atoms with Crippen LogP contribution in [0, 0.1) is 0 Å². The van der Waals surface area contributed by atoms with Crippen LogP contribution >= 0.6 is 0 Å². The van der Waals surface area contributed by atoms with Crippen molar-refractivity contribution >= 4 is 5.96 Å². The highest BCUT2D eigenvalue weighted by atomic mass is 16.5. The van der Waals surface area contributed by atoms with E-state index in [1.807, 2.05) is 48.3 Å². The molecule has 0 radical (unpaired) electrons. The van der Waals surface area contributed by atoms with Gasteiger partial charge >= 0.3 is 0 Å². The molecule has 0 atom stereocenters. The van der Waals surface area contributed by atoms with Gasteiger partial charge in [-0.15, -0.1) is 0 Å². The number of imidazole rings is 1. The minimum atomic E-state index is 0.607. The van der Waals surface area contributed by atoms with E-state index in [2.05, 4.69) is 20.6 Å². The third-order valence-electron chi connectivity index (χ3n) is 3.76. The Kier molecular flexibility index (Phi) is 9.07. The first-order chi connectivity index (χ1) is 12.8. The molecule has 0 aliphatic carbocycles. The van der Waals surface area contributed by atoms with Crippen LogP contribution in [0.4, 0.5) is 0 Å². The Morgan fingerprint density at radius 2 is 2.00 bits per heavy atom. The van der Waals surface area contributed by atoms with Gasteiger partial charge in [-0.1, -0.05) is 12.1 Å². The third kappa shape index (κ3) is 7.57. The lowest BCUT2D eigenvalue weighted by Crippen LogP contribution is -2.39. The predicted molar refractivity (Wildman–Crippen MR) is 103 cm³/mol. The smallest absolute Gasteiger partial charge is 0.191 e. The molecule has 2 N–H and O–H groups in total. The van der Waals surface area contributed by atoms with Gasteiger partial charge in [0.2, 0.25) is 0 Å². The molecule has 7 heteroatoms. The molecule has 26 heavy (non-hydrogen) atoms. The fourth-order valence-corrected chi connectivity index (χ4v) is 2.32. The Hall–Kier alpha value is -2.54. The minimum absolute atomic E-state index is 0.607. The summed E-state index contributed by atoms with van der Waals surface area (Å²) in [6.07, 6.45) is 6.49. The molecule has 0 bridgehead atoms. The lowest BCUT2D eigenvalue weighted by Gasteiger charge is -2.13. The highest BCUT2D eigenvalue weighted by Gasteiger charge is 2.00. The summed E-state index contributed by atoms with van der Waals surface area (Å²) in [6, 6.07) is 7.96. The van der Waals surface area contributed by atoms with Crippen molar-refractivity contribution < 1.29 is 9.47 Å². The van der Waals surface area contributed by atoms with Crippen molar-refractivity contribution in [3.63, 3.8) is 0 Å². The zero-order valence-corrected chi connectivity index (χ0v) is 15.6. The highest BCUT2D eigenvalue weighted by Crippen LogP contribution is 2.11. The second kappa shape index (κ2) is 11.9. The van der Waals surface area contributed by atoms with Crippen LogP contribution in [-0.2, 0) is 17.8 Å². The van der Waals surface area contributed by atoms with Crippen molar-refractivity contribution in [3.05, 3.63) is 48.5 Å². The lowest BCUT2D eigenvalue weighted by molar-refractivity contribution is 0.145. The standard InChI is InChI=1S/C19H29N5O2/c1-3-26-14-4-9-21-19(22-11-13-24-12-10-20-16-24)23-15-17-5-7-18(25-2)8-6-17/h5-8,10,12,16H,3-4,9,11,13-15H2,1-2H3,(H2,21,22,23). The number of aliphatic imine (C=N–C) groups is 1. The van der Waals surface area contributed by atoms with Gasteiger partial charge < -0.3 is 24.7 Å². The Morgan fingerprint density at radius 3 is 2.69 bits per heavy atom. The Balaban J connectivity index is 1.84. The molecule has 0 aliphatic rings. The zero-order chi connectivity index (χ0) is 18.5. The molecule has 0 saturated heterocycles. The van der Waals surface area contributed by atoms with E-state index in [-0.39, 0.29) is 0 Å². The molecule has 0 saturated carbocycles. The first-order valence-electron chi connectivity index (χ1n) is 9.00. The van der Waals surface area contributed by atoms with Crippen LogP contribution in [0.1, 0.15) is 18.9 Å². The molecule has 1 aromatic heterocycles. The third-order valence-corrected chi connectivity index (χ3v) is 3.76. The lowest BCUT2D eigenvalue weighted by atomic mass is 10.2. The summed E-state index contributed by atoms with van der Waals surface area (Å²) in [4.78, 5) is 8.73. The molecule has 0 spiro atoms. The van der Waals surface area contributed by atoms with Crippen molar-refractivity contribution in [2.45, 2.75) is 26.4 Å². The Morgan fingerprint density at radius 1 is 1.19 bits per heavy atom. The molecule has 0 unspecified atom stereocenters. The average Bonchev–Trinajstić information content (AvgIpc) is 3.19. The van der Waals surface area contributed by atoms with Crippen LogP contribution in [0.2, 0.25) is 0 Å². The maximum absolute atomic E-state index is 5.37. The fraction of sp³-hybridized carbons (Fsp3) is 0.474. The SMILES string of the molecule is CCOCCCNC(=NCc1ccc(OC)cc1)NCCn1ccnc1. The van der Waals surface area contributed by atoms with E-state index in [0.717, 1.165) is 56.5 Å². The quantitative estimate of drug-likeness (QED) is 0.365. The number of hydrogen-bond donors (Lipinski definition) is 2. The first kappa shape index (κ1) is 19.8.